The Kier molecular flexibility index (Phi) is 5.50. The van der Waals surface area contributed by atoms with Gasteiger partial charge in [-0.1, -0.05) is 36.4 Å². The van der Waals surface area contributed by atoms with Crippen LogP contribution < -0.4 is 10.6 Å². The third-order valence-electron chi connectivity index (χ3n) is 4.34. The zero-order valence-electron chi connectivity index (χ0n) is 13.9. The van der Waals surface area contributed by atoms with E-state index in [1.54, 1.807) is 54.6 Å². The van der Waals surface area contributed by atoms with Gasteiger partial charge in [-0.05, 0) is 43.1 Å². The first kappa shape index (κ1) is 17.6. The fraction of sp³-hybridized carbons (Fsp3) is 0.316. The molecule has 1 heterocycles. The van der Waals surface area contributed by atoms with Crippen molar-refractivity contribution in [3.05, 3.63) is 65.7 Å². The van der Waals surface area contributed by atoms with E-state index >= 15 is 0 Å². The minimum absolute atomic E-state index is 0.0834. The fourth-order valence-electron chi connectivity index (χ4n) is 3.02. The van der Waals surface area contributed by atoms with Crippen molar-refractivity contribution in [2.75, 3.05) is 13.1 Å². The number of nitrogens with one attached hydrogen (secondary N) is 2. The van der Waals surface area contributed by atoms with Crippen molar-refractivity contribution in [2.45, 2.75) is 29.5 Å². The number of carbonyl (C=O) groups is 1. The predicted molar refractivity (Wildman–Crippen MR) is 97.1 cm³/mol. The number of rotatable bonds is 5. The van der Waals surface area contributed by atoms with Crippen LogP contribution in [0.25, 0.3) is 0 Å². The van der Waals surface area contributed by atoms with Gasteiger partial charge in [0.05, 0.1) is 10.6 Å². The predicted octanol–water partition coefficient (Wildman–Crippen LogP) is 2.14. The molecule has 0 spiro atoms. The number of sulfone groups is 1. The Morgan fingerprint density at radius 1 is 1.08 bits per heavy atom. The first-order valence-electron chi connectivity index (χ1n) is 8.43. The van der Waals surface area contributed by atoms with Gasteiger partial charge in [0.2, 0.25) is 0 Å². The van der Waals surface area contributed by atoms with Crippen LogP contribution in [0.4, 0.5) is 0 Å². The summed E-state index contributed by atoms with van der Waals surface area (Å²) >= 11 is 0. The molecule has 0 aliphatic carbocycles. The van der Waals surface area contributed by atoms with E-state index in [0.717, 1.165) is 25.9 Å². The number of hydrogen-bond acceptors (Lipinski definition) is 4. The molecular weight excluding hydrogens is 336 g/mol. The average Bonchev–Trinajstić information content (AvgIpc) is 2.63. The van der Waals surface area contributed by atoms with Crippen molar-refractivity contribution in [3.8, 4) is 0 Å². The highest BCUT2D eigenvalue weighted by Gasteiger charge is 2.21. The topological polar surface area (TPSA) is 75.3 Å². The summed E-state index contributed by atoms with van der Waals surface area (Å²) in [5.41, 5.74) is 0.945. The number of hydrogen-bond donors (Lipinski definition) is 2. The molecule has 1 aliphatic rings. The molecule has 2 N–H and O–H groups in total. The van der Waals surface area contributed by atoms with E-state index in [1.807, 2.05) is 0 Å². The second-order valence-corrected chi connectivity index (χ2v) is 8.24. The Hall–Kier alpha value is -2.18. The maximum absolute atomic E-state index is 12.6. The molecule has 0 bridgehead atoms. The third-order valence-corrected chi connectivity index (χ3v) is 6.02. The van der Waals surface area contributed by atoms with Crippen LogP contribution in [0.1, 0.15) is 28.8 Å². The second-order valence-electron chi connectivity index (χ2n) is 6.25. The summed E-state index contributed by atoms with van der Waals surface area (Å²) in [5.74, 6) is -0.406. The van der Waals surface area contributed by atoms with E-state index in [4.69, 9.17) is 0 Å². The van der Waals surface area contributed by atoms with Crippen molar-refractivity contribution < 1.29 is 13.2 Å². The van der Waals surface area contributed by atoms with Crippen molar-refractivity contribution in [1.82, 2.24) is 10.6 Å². The van der Waals surface area contributed by atoms with Crippen LogP contribution in [0.5, 0.6) is 0 Å². The Labute approximate surface area is 148 Å². The molecular formula is C19H22N2O3S. The second kappa shape index (κ2) is 7.80. The van der Waals surface area contributed by atoms with E-state index in [1.165, 1.54) is 0 Å². The summed E-state index contributed by atoms with van der Waals surface area (Å²) in [6.45, 7) is 1.72. The van der Waals surface area contributed by atoms with Gasteiger partial charge in [0, 0.05) is 18.2 Å². The average molecular weight is 358 g/mol. The van der Waals surface area contributed by atoms with E-state index < -0.39 is 9.84 Å². The van der Waals surface area contributed by atoms with Gasteiger partial charge in [-0.3, -0.25) is 4.79 Å². The number of carbonyl (C=O) groups excluding carboxylic acids is 1. The van der Waals surface area contributed by atoms with E-state index in [-0.39, 0.29) is 22.6 Å². The van der Waals surface area contributed by atoms with Crippen LogP contribution in [-0.2, 0) is 15.6 Å². The van der Waals surface area contributed by atoms with E-state index in [0.29, 0.717) is 11.1 Å². The summed E-state index contributed by atoms with van der Waals surface area (Å²) in [6, 6.07) is 15.3. The van der Waals surface area contributed by atoms with Gasteiger partial charge >= 0.3 is 0 Å². The van der Waals surface area contributed by atoms with E-state index in [9.17, 15) is 13.2 Å². The lowest BCUT2D eigenvalue weighted by molar-refractivity contribution is 0.0930. The fourth-order valence-corrected chi connectivity index (χ4v) is 4.42. The highest BCUT2D eigenvalue weighted by Crippen LogP contribution is 2.19. The monoisotopic (exact) mass is 358 g/mol. The molecule has 6 heteroatoms. The summed E-state index contributed by atoms with van der Waals surface area (Å²) < 4.78 is 25.2. The molecule has 0 radical (unpaired) electrons. The summed E-state index contributed by atoms with van der Waals surface area (Å²) in [6.07, 6.45) is 1.96. The highest BCUT2D eigenvalue weighted by molar-refractivity contribution is 7.90. The first-order chi connectivity index (χ1) is 12.1. The molecule has 3 rings (SSSR count). The number of benzene rings is 2. The molecule has 132 valence electrons. The molecule has 1 amide bonds. The summed E-state index contributed by atoms with van der Waals surface area (Å²) in [5, 5.41) is 6.26. The van der Waals surface area contributed by atoms with Gasteiger partial charge < -0.3 is 10.6 Å². The van der Waals surface area contributed by atoms with Crippen molar-refractivity contribution >= 4 is 15.7 Å². The Morgan fingerprint density at radius 2 is 1.80 bits per heavy atom. The molecule has 0 saturated carbocycles. The van der Waals surface area contributed by atoms with Crippen molar-refractivity contribution in [2.24, 2.45) is 0 Å². The zero-order valence-corrected chi connectivity index (χ0v) is 14.8. The maximum Gasteiger partial charge on any atom is 0.251 e. The van der Waals surface area contributed by atoms with Crippen LogP contribution in [-0.4, -0.2) is 33.5 Å². The smallest absolute Gasteiger partial charge is 0.251 e. The quantitative estimate of drug-likeness (QED) is 0.859. The molecule has 5 nitrogen and oxygen atoms in total. The lowest BCUT2D eigenvalue weighted by Gasteiger charge is -2.24. The minimum atomic E-state index is -3.49. The molecule has 2 aromatic rings. The molecule has 25 heavy (non-hydrogen) atoms. The SMILES string of the molecule is O=C(N[C@H]1CCCNC1)c1ccccc1CS(=O)(=O)c1ccccc1. The Balaban J connectivity index is 1.80. The lowest BCUT2D eigenvalue weighted by atomic mass is 10.1. The maximum atomic E-state index is 12.6. The summed E-state index contributed by atoms with van der Waals surface area (Å²) in [7, 11) is -3.49. The third kappa shape index (κ3) is 4.46. The molecule has 2 aromatic carbocycles. The molecule has 1 fully saturated rings. The van der Waals surface area contributed by atoms with Crippen LogP contribution in [0.3, 0.4) is 0 Å². The first-order valence-corrected chi connectivity index (χ1v) is 10.1. The Morgan fingerprint density at radius 3 is 2.52 bits per heavy atom. The van der Waals surface area contributed by atoms with Crippen LogP contribution in [0, 0.1) is 0 Å². The minimum Gasteiger partial charge on any atom is -0.348 e. The Bertz CT molecular complexity index is 829. The van der Waals surface area contributed by atoms with Gasteiger partial charge in [-0.2, -0.15) is 0 Å². The van der Waals surface area contributed by atoms with Crippen molar-refractivity contribution in [3.63, 3.8) is 0 Å². The lowest BCUT2D eigenvalue weighted by Crippen LogP contribution is -2.45. The zero-order chi connectivity index (χ0) is 17.7. The van der Waals surface area contributed by atoms with Crippen molar-refractivity contribution in [1.29, 1.82) is 0 Å². The van der Waals surface area contributed by atoms with Gasteiger partial charge in [-0.15, -0.1) is 0 Å². The molecule has 1 saturated heterocycles. The largest absolute Gasteiger partial charge is 0.348 e. The molecule has 0 aromatic heterocycles. The molecule has 1 atom stereocenters. The number of piperidine rings is 1. The molecule has 1 aliphatic heterocycles. The normalized spacial score (nSPS) is 17.8. The van der Waals surface area contributed by atoms with Crippen LogP contribution in [0.2, 0.25) is 0 Å². The van der Waals surface area contributed by atoms with Gasteiger partial charge in [0.1, 0.15) is 0 Å². The van der Waals surface area contributed by atoms with Gasteiger partial charge in [0.25, 0.3) is 5.91 Å². The van der Waals surface area contributed by atoms with Crippen LogP contribution in [0.15, 0.2) is 59.5 Å². The molecule has 0 unspecified atom stereocenters. The van der Waals surface area contributed by atoms with E-state index in [2.05, 4.69) is 10.6 Å². The number of amides is 1. The highest BCUT2D eigenvalue weighted by atomic mass is 32.2. The standard InChI is InChI=1S/C19H22N2O3S/c22-19(21-16-8-6-12-20-13-16)18-11-5-4-7-15(18)14-25(23,24)17-9-2-1-3-10-17/h1-5,7,9-11,16,20H,6,8,12-14H2,(H,21,22)/t16-/m0/s1. The summed E-state index contributed by atoms with van der Waals surface area (Å²) in [4.78, 5) is 12.9. The van der Waals surface area contributed by atoms with Gasteiger partial charge in [0.15, 0.2) is 9.84 Å². The van der Waals surface area contributed by atoms with Gasteiger partial charge in [-0.25, -0.2) is 8.42 Å². The van der Waals surface area contributed by atoms with Crippen LogP contribution >= 0.6 is 0 Å².